The van der Waals surface area contributed by atoms with E-state index in [4.69, 9.17) is 0 Å². The van der Waals surface area contributed by atoms with Crippen molar-refractivity contribution in [1.29, 1.82) is 0 Å². The number of amides is 3. The summed E-state index contributed by atoms with van der Waals surface area (Å²) in [6.07, 6.45) is 0.719. The molecule has 0 spiro atoms. The molecule has 0 saturated heterocycles. The highest BCUT2D eigenvalue weighted by Crippen LogP contribution is 2.30. The molecule has 8 heteroatoms. The van der Waals surface area contributed by atoms with Gasteiger partial charge in [-0.2, -0.15) is 0 Å². The summed E-state index contributed by atoms with van der Waals surface area (Å²) >= 11 is 0. The van der Waals surface area contributed by atoms with Gasteiger partial charge < -0.3 is 15.2 Å². The molecule has 0 saturated carbocycles. The summed E-state index contributed by atoms with van der Waals surface area (Å²) in [4.78, 5) is 44.0. The normalized spacial score (nSPS) is 12.9. The number of aromatic nitrogens is 2. The topological polar surface area (TPSA) is 96.3 Å². The van der Waals surface area contributed by atoms with Gasteiger partial charge in [0.2, 0.25) is 11.8 Å². The van der Waals surface area contributed by atoms with Crippen molar-refractivity contribution in [3.63, 3.8) is 0 Å². The molecule has 0 bridgehead atoms. The highest BCUT2D eigenvalue weighted by molar-refractivity contribution is 6.15. The minimum Gasteiger partial charge on any atom is -0.325 e. The van der Waals surface area contributed by atoms with Crippen LogP contribution >= 0.6 is 0 Å². The van der Waals surface area contributed by atoms with Crippen LogP contribution in [0.4, 0.5) is 17.1 Å². The Morgan fingerprint density at radius 1 is 1.00 bits per heavy atom. The Hall–Kier alpha value is -4.46. The van der Waals surface area contributed by atoms with Gasteiger partial charge in [-0.25, -0.2) is 4.98 Å². The highest BCUT2D eigenvalue weighted by atomic mass is 16.2. The molecule has 170 valence electrons. The second-order valence-electron chi connectivity index (χ2n) is 8.04. The van der Waals surface area contributed by atoms with Gasteiger partial charge in [-0.15, -0.1) is 0 Å². The van der Waals surface area contributed by atoms with E-state index < -0.39 is 0 Å². The Morgan fingerprint density at radius 3 is 2.53 bits per heavy atom. The number of aryl methyl sites for hydroxylation is 1. The van der Waals surface area contributed by atoms with Gasteiger partial charge in [0.05, 0.1) is 22.4 Å². The first-order chi connectivity index (χ1) is 16.5. The second-order valence-corrected chi connectivity index (χ2v) is 8.04. The van der Waals surface area contributed by atoms with Crippen molar-refractivity contribution in [2.45, 2.75) is 19.9 Å². The summed E-state index contributed by atoms with van der Waals surface area (Å²) in [5.41, 5.74) is 4.06. The zero-order valence-corrected chi connectivity index (χ0v) is 18.6. The van der Waals surface area contributed by atoms with E-state index in [0.29, 0.717) is 22.6 Å². The molecule has 0 atom stereocenters. The van der Waals surface area contributed by atoms with Crippen LogP contribution in [0.3, 0.4) is 0 Å². The van der Waals surface area contributed by atoms with Crippen molar-refractivity contribution in [2.75, 3.05) is 22.1 Å². The number of para-hydroxylation sites is 4. The van der Waals surface area contributed by atoms with Crippen molar-refractivity contribution in [1.82, 2.24) is 9.55 Å². The molecule has 0 fully saturated rings. The van der Waals surface area contributed by atoms with E-state index >= 15 is 0 Å². The highest BCUT2D eigenvalue weighted by Gasteiger charge is 2.27. The van der Waals surface area contributed by atoms with Crippen LogP contribution in [0, 0.1) is 0 Å². The molecule has 8 nitrogen and oxygen atoms in total. The average molecular weight is 454 g/mol. The Morgan fingerprint density at radius 2 is 1.74 bits per heavy atom. The van der Waals surface area contributed by atoms with Crippen LogP contribution in [0.2, 0.25) is 0 Å². The van der Waals surface area contributed by atoms with Crippen LogP contribution in [0.1, 0.15) is 23.1 Å². The molecule has 3 aromatic carbocycles. The Kier molecular flexibility index (Phi) is 5.55. The molecule has 34 heavy (non-hydrogen) atoms. The number of carbonyl (C=O) groups excluding carboxylic acids is 3. The zero-order chi connectivity index (χ0) is 23.7. The number of hydrogen-bond acceptors (Lipinski definition) is 4. The van der Waals surface area contributed by atoms with Gasteiger partial charge >= 0.3 is 0 Å². The smallest absolute Gasteiger partial charge is 0.258 e. The molecular weight excluding hydrogens is 430 g/mol. The number of rotatable bonds is 5. The van der Waals surface area contributed by atoms with E-state index in [1.165, 1.54) is 4.90 Å². The molecule has 0 aliphatic carbocycles. The summed E-state index contributed by atoms with van der Waals surface area (Å²) in [7, 11) is 0. The third kappa shape index (κ3) is 4.01. The van der Waals surface area contributed by atoms with Crippen molar-refractivity contribution in [3.05, 3.63) is 84.2 Å². The first kappa shape index (κ1) is 21.4. The lowest BCUT2D eigenvalue weighted by molar-refractivity contribution is -0.117. The molecule has 0 radical (unpaired) electrons. The van der Waals surface area contributed by atoms with Crippen molar-refractivity contribution < 1.29 is 14.4 Å². The maximum atomic E-state index is 13.1. The fraction of sp³-hybridized carbons (Fsp3) is 0.154. The fourth-order valence-electron chi connectivity index (χ4n) is 4.18. The number of nitrogens with one attached hydrogen (secondary N) is 2. The molecular formula is C26H23N5O3. The van der Waals surface area contributed by atoms with Gasteiger partial charge in [0, 0.05) is 17.7 Å². The van der Waals surface area contributed by atoms with Gasteiger partial charge in [-0.1, -0.05) is 31.2 Å². The van der Waals surface area contributed by atoms with Crippen LogP contribution in [0.5, 0.6) is 0 Å². The molecule has 2 heterocycles. The maximum absolute atomic E-state index is 13.1. The standard InChI is InChI=1S/C26H23N5O3/c1-2-23-28-19-7-3-5-9-21(19)30(23)15-24(32)27-18-13-11-17(12-14-18)26(34)31-16-25(33)29-20-8-4-6-10-22(20)31/h3-14H,2,15-16H2,1H3,(H,27,32)(H,29,33). The summed E-state index contributed by atoms with van der Waals surface area (Å²) in [5, 5.41) is 5.67. The number of carbonyl (C=O) groups is 3. The SMILES string of the molecule is CCc1nc2ccccc2n1CC(=O)Nc1ccc(C(=O)N2CC(=O)Nc3ccccc32)cc1. The van der Waals surface area contributed by atoms with E-state index in [2.05, 4.69) is 15.6 Å². The fourth-order valence-corrected chi connectivity index (χ4v) is 4.18. The lowest BCUT2D eigenvalue weighted by Gasteiger charge is -2.29. The number of anilines is 3. The van der Waals surface area contributed by atoms with Crippen LogP contribution in [0.15, 0.2) is 72.8 Å². The van der Waals surface area contributed by atoms with Gasteiger partial charge in [-0.05, 0) is 48.5 Å². The lowest BCUT2D eigenvalue weighted by atomic mass is 10.1. The Labute approximate surface area is 196 Å². The Balaban J connectivity index is 1.30. The third-order valence-electron chi connectivity index (χ3n) is 5.78. The van der Waals surface area contributed by atoms with Crippen LogP contribution in [0.25, 0.3) is 11.0 Å². The monoisotopic (exact) mass is 453 g/mol. The van der Waals surface area contributed by atoms with Crippen LogP contribution in [-0.2, 0) is 22.6 Å². The van der Waals surface area contributed by atoms with Gasteiger partial charge in [-0.3, -0.25) is 19.3 Å². The average Bonchev–Trinajstić information content (AvgIpc) is 3.21. The first-order valence-electron chi connectivity index (χ1n) is 11.1. The largest absolute Gasteiger partial charge is 0.325 e. The number of benzene rings is 3. The molecule has 2 N–H and O–H groups in total. The van der Waals surface area contributed by atoms with Crippen molar-refractivity contribution in [2.24, 2.45) is 0 Å². The lowest BCUT2D eigenvalue weighted by Crippen LogP contribution is -2.42. The summed E-state index contributed by atoms with van der Waals surface area (Å²) in [6.45, 7) is 2.10. The van der Waals surface area contributed by atoms with Gasteiger partial charge in [0.15, 0.2) is 0 Å². The first-order valence-corrected chi connectivity index (χ1v) is 11.1. The van der Waals surface area contributed by atoms with Crippen molar-refractivity contribution >= 4 is 45.8 Å². The minimum absolute atomic E-state index is 0.0487. The molecule has 1 aliphatic heterocycles. The molecule has 3 amide bonds. The zero-order valence-electron chi connectivity index (χ0n) is 18.6. The summed E-state index contributed by atoms with van der Waals surface area (Å²) in [5.74, 6) is 0.147. The number of hydrogen-bond donors (Lipinski definition) is 2. The van der Waals surface area contributed by atoms with E-state index in [1.54, 1.807) is 42.5 Å². The number of nitrogens with zero attached hydrogens (tertiary/aromatic N) is 3. The predicted octanol–water partition coefficient (Wildman–Crippen LogP) is 3.84. The van der Waals surface area contributed by atoms with Crippen molar-refractivity contribution in [3.8, 4) is 0 Å². The molecule has 4 aromatic rings. The molecule has 1 aliphatic rings. The minimum atomic E-state index is -0.280. The van der Waals surface area contributed by atoms with Crippen LogP contribution < -0.4 is 15.5 Å². The van der Waals surface area contributed by atoms with E-state index in [1.807, 2.05) is 41.8 Å². The maximum Gasteiger partial charge on any atom is 0.258 e. The second kappa shape index (κ2) is 8.82. The van der Waals surface area contributed by atoms with Crippen LogP contribution in [-0.4, -0.2) is 33.8 Å². The molecule has 1 aromatic heterocycles. The van der Waals surface area contributed by atoms with E-state index in [9.17, 15) is 14.4 Å². The number of imidazole rings is 1. The Bertz CT molecular complexity index is 1410. The quantitative estimate of drug-likeness (QED) is 0.480. The molecule has 0 unspecified atom stereocenters. The van der Waals surface area contributed by atoms with Gasteiger partial charge in [0.1, 0.15) is 18.9 Å². The van der Waals surface area contributed by atoms with E-state index in [0.717, 1.165) is 23.3 Å². The summed E-state index contributed by atoms with van der Waals surface area (Å²) < 4.78 is 1.92. The number of fused-ring (bicyclic) bond motifs is 2. The summed E-state index contributed by atoms with van der Waals surface area (Å²) in [6, 6.07) is 21.6. The predicted molar refractivity (Wildman–Crippen MR) is 131 cm³/mol. The third-order valence-corrected chi connectivity index (χ3v) is 5.78. The van der Waals surface area contributed by atoms with Gasteiger partial charge in [0.25, 0.3) is 5.91 Å². The van der Waals surface area contributed by atoms with E-state index in [-0.39, 0.29) is 30.8 Å². The molecule has 5 rings (SSSR count).